The van der Waals surface area contributed by atoms with Gasteiger partial charge < -0.3 is 10.6 Å². The van der Waals surface area contributed by atoms with Crippen LogP contribution in [0.25, 0.3) is 0 Å². The molecule has 2 rings (SSSR count). The van der Waals surface area contributed by atoms with Gasteiger partial charge in [0.2, 0.25) is 5.91 Å². The molecule has 0 spiro atoms. The standard InChI is InChI=1S/C17H32N2O/c1-4-6-13-7-9-14(10-8-13)19-16(20)15-17(2,3)11-5-12-18-15/h13-15,18H,4-12H2,1-3H3,(H,19,20). The van der Waals surface area contributed by atoms with E-state index in [0.29, 0.717) is 6.04 Å². The van der Waals surface area contributed by atoms with Gasteiger partial charge in [0, 0.05) is 6.04 Å². The lowest BCUT2D eigenvalue weighted by molar-refractivity contribution is -0.127. The van der Waals surface area contributed by atoms with Crippen LogP contribution in [-0.2, 0) is 4.79 Å². The second kappa shape index (κ2) is 6.93. The van der Waals surface area contributed by atoms with Gasteiger partial charge in [0.1, 0.15) is 0 Å². The molecule has 1 amide bonds. The molecule has 1 heterocycles. The third-order valence-electron chi connectivity index (χ3n) is 5.28. The van der Waals surface area contributed by atoms with Gasteiger partial charge in [0.05, 0.1) is 6.04 Å². The van der Waals surface area contributed by atoms with E-state index in [1.165, 1.54) is 44.9 Å². The van der Waals surface area contributed by atoms with E-state index in [2.05, 4.69) is 31.4 Å². The van der Waals surface area contributed by atoms with Gasteiger partial charge in [-0.15, -0.1) is 0 Å². The molecule has 1 atom stereocenters. The molecular weight excluding hydrogens is 248 g/mol. The van der Waals surface area contributed by atoms with Crippen LogP contribution in [0.5, 0.6) is 0 Å². The molecule has 0 radical (unpaired) electrons. The van der Waals surface area contributed by atoms with E-state index in [0.717, 1.165) is 18.9 Å². The van der Waals surface area contributed by atoms with Gasteiger partial charge in [-0.1, -0.05) is 33.6 Å². The predicted molar refractivity (Wildman–Crippen MR) is 83.6 cm³/mol. The molecule has 1 aliphatic heterocycles. The molecule has 0 aromatic rings. The summed E-state index contributed by atoms with van der Waals surface area (Å²) in [5.74, 6) is 1.13. The van der Waals surface area contributed by atoms with Crippen LogP contribution in [0.3, 0.4) is 0 Å². The molecule has 3 heteroatoms. The SMILES string of the molecule is CCCC1CCC(NC(=O)C2NCCCC2(C)C)CC1. The summed E-state index contributed by atoms with van der Waals surface area (Å²) in [4.78, 5) is 12.5. The molecule has 3 nitrogen and oxygen atoms in total. The maximum Gasteiger partial charge on any atom is 0.237 e. The van der Waals surface area contributed by atoms with Gasteiger partial charge in [0.15, 0.2) is 0 Å². The van der Waals surface area contributed by atoms with Gasteiger partial charge in [-0.25, -0.2) is 0 Å². The van der Waals surface area contributed by atoms with Crippen molar-refractivity contribution in [2.24, 2.45) is 11.3 Å². The zero-order valence-electron chi connectivity index (χ0n) is 13.5. The highest BCUT2D eigenvalue weighted by Gasteiger charge is 2.37. The van der Waals surface area contributed by atoms with Crippen molar-refractivity contribution in [3.63, 3.8) is 0 Å². The van der Waals surface area contributed by atoms with Gasteiger partial charge in [-0.05, 0) is 56.4 Å². The quantitative estimate of drug-likeness (QED) is 0.830. The summed E-state index contributed by atoms with van der Waals surface area (Å²) in [6.45, 7) is 7.67. The number of carbonyl (C=O) groups is 1. The molecule has 2 aliphatic rings. The Morgan fingerprint density at radius 1 is 1.25 bits per heavy atom. The van der Waals surface area contributed by atoms with Crippen molar-refractivity contribution in [1.82, 2.24) is 10.6 Å². The highest BCUT2D eigenvalue weighted by atomic mass is 16.2. The Kier molecular flexibility index (Phi) is 5.48. The van der Waals surface area contributed by atoms with Crippen molar-refractivity contribution in [2.45, 2.75) is 84.2 Å². The minimum absolute atomic E-state index is 0.00962. The first kappa shape index (κ1) is 15.8. The molecule has 0 aromatic carbocycles. The summed E-state index contributed by atoms with van der Waals surface area (Å²) in [6, 6.07) is 0.403. The van der Waals surface area contributed by atoms with Crippen molar-refractivity contribution in [2.75, 3.05) is 6.54 Å². The largest absolute Gasteiger partial charge is 0.352 e. The van der Waals surface area contributed by atoms with Crippen molar-refractivity contribution in [1.29, 1.82) is 0 Å². The van der Waals surface area contributed by atoms with Crippen LogP contribution >= 0.6 is 0 Å². The van der Waals surface area contributed by atoms with E-state index in [1.807, 2.05) is 0 Å². The fourth-order valence-electron chi connectivity index (χ4n) is 3.95. The molecule has 2 N–H and O–H groups in total. The Labute approximate surface area is 124 Å². The zero-order chi connectivity index (χ0) is 14.6. The lowest BCUT2D eigenvalue weighted by Gasteiger charge is -2.39. The average molecular weight is 280 g/mol. The first-order valence-electron chi connectivity index (χ1n) is 8.56. The van der Waals surface area contributed by atoms with E-state index in [1.54, 1.807) is 0 Å². The highest BCUT2D eigenvalue weighted by Crippen LogP contribution is 2.31. The van der Waals surface area contributed by atoms with Crippen molar-refractivity contribution >= 4 is 5.91 Å². The van der Waals surface area contributed by atoms with E-state index < -0.39 is 0 Å². The number of amides is 1. The van der Waals surface area contributed by atoms with Crippen LogP contribution in [0.15, 0.2) is 0 Å². The topological polar surface area (TPSA) is 41.1 Å². The number of carbonyl (C=O) groups excluding carboxylic acids is 1. The first-order valence-corrected chi connectivity index (χ1v) is 8.56. The second-order valence-corrected chi connectivity index (χ2v) is 7.49. The maximum absolute atomic E-state index is 12.5. The van der Waals surface area contributed by atoms with Crippen molar-refractivity contribution < 1.29 is 4.79 Å². The Balaban J connectivity index is 1.80. The minimum Gasteiger partial charge on any atom is -0.352 e. The van der Waals surface area contributed by atoms with Crippen LogP contribution < -0.4 is 10.6 Å². The van der Waals surface area contributed by atoms with E-state index in [9.17, 15) is 4.79 Å². The van der Waals surface area contributed by atoms with E-state index in [-0.39, 0.29) is 17.4 Å². The third-order valence-corrected chi connectivity index (χ3v) is 5.28. The van der Waals surface area contributed by atoms with Crippen molar-refractivity contribution in [3.8, 4) is 0 Å². The summed E-state index contributed by atoms with van der Waals surface area (Å²) in [7, 11) is 0. The Morgan fingerprint density at radius 3 is 2.55 bits per heavy atom. The van der Waals surface area contributed by atoms with Crippen LogP contribution in [0.1, 0.15) is 72.1 Å². The number of hydrogen-bond donors (Lipinski definition) is 2. The highest BCUT2D eigenvalue weighted by molar-refractivity contribution is 5.83. The molecule has 20 heavy (non-hydrogen) atoms. The fourth-order valence-corrected chi connectivity index (χ4v) is 3.95. The molecule has 0 bridgehead atoms. The summed E-state index contributed by atoms with van der Waals surface area (Å²) < 4.78 is 0. The monoisotopic (exact) mass is 280 g/mol. The van der Waals surface area contributed by atoms with E-state index in [4.69, 9.17) is 0 Å². The second-order valence-electron chi connectivity index (χ2n) is 7.49. The van der Waals surface area contributed by atoms with Gasteiger partial charge in [-0.3, -0.25) is 4.79 Å². The lowest BCUT2D eigenvalue weighted by Crippen LogP contribution is -2.57. The smallest absolute Gasteiger partial charge is 0.237 e. The molecule has 0 aromatic heterocycles. The summed E-state index contributed by atoms with van der Waals surface area (Å²) in [5.41, 5.74) is 0.0851. The molecule has 116 valence electrons. The summed E-state index contributed by atoms with van der Waals surface area (Å²) in [5, 5.41) is 6.72. The normalized spacial score (nSPS) is 33.6. The molecule has 1 aliphatic carbocycles. The lowest BCUT2D eigenvalue weighted by atomic mass is 9.76. The number of piperidine rings is 1. The molecule has 2 fully saturated rings. The Hall–Kier alpha value is -0.570. The number of hydrogen-bond acceptors (Lipinski definition) is 2. The predicted octanol–water partition coefficient (Wildman–Crippen LogP) is 3.24. The van der Waals surface area contributed by atoms with Crippen LogP contribution in [-0.4, -0.2) is 24.5 Å². The molecular formula is C17H32N2O. The summed E-state index contributed by atoms with van der Waals surface area (Å²) in [6.07, 6.45) is 9.90. The minimum atomic E-state index is -0.00962. The maximum atomic E-state index is 12.5. The molecule has 1 saturated carbocycles. The average Bonchev–Trinajstić information content (AvgIpc) is 2.40. The van der Waals surface area contributed by atoms with Crippen LogP contribution in [0.2, 0.25) is 0 Å². The zero-order valence-corrected chi connectivity index (χ0v) is 13.5. The van der Waals surface area contributed by atoms with Gasteiger partial charge in [0.25, 0.3) is 0 Å². The fraction of sp³-hybridized carbons (Fsp3) is 0.941. The third kappa shape index (κ3) is 3.97. The van der Waals surface area contributed by atoms with Gasteiger partial charge >= 0.3 is 0 Å². The Morgan fingerprint density at radius 2 is 1.95 bits per heavy atom. The van der Waals surface area contributed by atoms with E-state index >= 15 is 0 Å². The molecule has 1 unspecified atom stereocenters. The summed E-state index contributed by atoms with van der Waals surface area (Å²) >= 11 is 0. The van der Waals surface area contributed by atoms with Crippen LogP contribution in [0, 0.1) is 11.3 Å². The first-order chi connectivity index (χ1) is 9.53. The number of nitrogens with one attached hydrogen (secondary N) is 2. The van der Waals surface area contributed by atoms with Crippen molar-refractivity contribution in [3.05, 3.63) is 0 Å². The number of rotatable bonds is 4. The van der Waals surface area contributed by atoms with Crippen LogP contribution in [0.4, 0.5) is 0 Å². The van der Waals surface area contributed by atoms with Gasteiger partial charge in [-0.2, -0.15) is 0 Å². The molecule has 1 saturated heterocycles. The Bertz CT molecular complexity index is 319.